The van der Waals surface area contributed by atoms with Crippen molar-refractivity contribution in [2.75, 3.05) is 18.6 Å². The fraction of sp³-hybridized carbons (Fsp3) is 0.900. The topological polar surface area (TPSA) is 40.5 Å². The van der Waals surface area contributed by atoms with Crippen LogP contribution in [0.25, 0.3) is 0 Å². The molecule has 0 radical (unpaired) electrons. The Bertz CT molecular complexity index is 212. The number of hydrogen-bond donors (Lipinski definition) is 1. The molecule has 1 aliphatic heterocycles. The summed E-state index contributed by atoms with van der Waals surface area (Å²) in [6.45, 7) is 4.10. The maximum Gasteiger partial charge on any atom is 0.324 e. The second kappa shape index (κ2) is 4.53. The molecule has 0 aliphatic carbocycles. The second-order valence-electron chi connectivity index (χ2n) is 4.15. The smallest absolute Gasteiger partial charge is 0.324 e. The first-order valence-corrected chi connectivity index (χ1v) is 6.20. The third-order valence-corrected chi connectivity index (χ3v) is 4.15. The van der Waals surface area contributed by atoms with Gasteiger partial charge in [0.1, 0.15) is 5.54 Å². The molecular weight excluding hydrogens is 198 g/mol. The van der Waals surface area contributed by atoms with E-state index >= 15 is 0 Å². The van der Waals surface area contributed by atoms with Crippen LogP contribution in [0.3, 0.4) is 0 Å². The van der Waals surface area contributed by atoms with Crippen LogP contribution >= 0.6 is 11.8 Å². The number of rotatable bonds is 3. The first-order valence-electron chi connectivity index (χ1n) is 5.05. The van der Waals surface area contributed by atoms with Crippen molar-refractivity contribution in [3.05, 3.63) is 0 Å². The molecule has 14 heavy (non-hydrogen) atoms. The van der Waals surface area contributed by atoms with Gasteiger partial charge in [0.25, 0.3) is 0 Å². The third kappa shape index (κ3) is 2.06. The Morgan fingerprint density at radius 3 is 2.29 bits per heavy atom. The van der Waals surface area contributed by atoms with Gasteiger partial charge < -0.3 is 5.11 Å². The quantitative estimate of drug-likeness (QED) is 0.781. The van der Waals surface area contributed by atoms with Gasteiger partial charge in [-0.3, -0.25) is 9.69 Å². The van der Waals surface area contributed by atoms with Crippen molar-refractivity contribution in [2.45, 2.75) is 38.3 Å². The predicted molar refractivity (Wildman–Crippen MR) is 59.8 cm³/mol. The third-order valence-electron chi connectivity index (χ3n) is 3.17. The molecule has 0 atom stereocenters. The normalized spacial score (nSPS) is 21.5. The number of hydrogen-bond acceptors (Lipinski definition) is 3. The van der Waals surface area contributed by atoms with E-state index < -0.39 is 11.5 Å². The molecule has 0 spiro atoms. The van der Waals surface area contributed by atoms with Crippen LogP contribution in [0.2, 0.25) is 0 Å². The van der Waals surface area contributed by atoms with Crippen LogP contribution in [0, 0.1) is 0 Å². The van der Waals surface area contributed by atoms with E-state index in [1.54, 1.807) is 0 Å². The van der Waals surface area contributed by atoms with E-state index in [9.17, 15) is 9.90 Å². The van der Waals surface area contributed by atoms with Crippen LogP contribution < -0.4 is 0 Å². The van der Waals surface area contributed by atoms with Gasteiger partial charge in [0.05, 0.1) is 0 Å². The first-order chi connectivity index (χ1) is 6.50. The zero-order chi connectivity index (χ0) is 10.8. The minimum Gasteiger partial charge on any atom is -0.480 e. The predicted octanol–water partition coefficient (Wildman–Crippen LogP) is 1.68. The molecule has 1 fully saturated rings. The maximum atomic E-state index is 11.4. The molecule has 0 aromatic carbocycles. The molecule has 1 saturated heterocycles. The molecule has 3 nitrogen and oxygen atoms in total. The van der Waals surface area contributed by atoms with E-state index in [1.807, 2.05) is 37.6 Å². The van der Waals surface area contributed by atoms with Gasteiger partial charge in [-0.2, -0.15) is 11.8 Å². The summed E-state index contributed by atoms with van der Waals surface area (Å²) in [7, 11) is 1.93. The monoisotopic (exact) mass is 217 g/mol. The molecular formula is C10H19NO2S. The summed E-state index contributed by atoms with van der Waals surface area (Å²) in [5.41, 5.74) is -0.612. The molecule has 0 amide bonds. The Morgan fingerprint density at radius 2 is 1.93 bits per heavy atom. The van der Waals surface area contributed by atoms with E-state index in [0.717, 1.165) is 24.3 Å². The van der Waals surface area contributed by atoms with E-state index in [-0.39, 0.29) is 6.04 Å². The van der Waals surface area contributed by atoms with Gasteiger partial charge >= 0.3 is 5.97 Å². The fourth-order valence-corrected chi connectivity index (χ4v) is 3.09. The molecule has 0 aromatic heterocycles. The highest BCUT2D eigenvalue weighted by molar-refractivity contribution is 7.99. The summed E-state index contributed by atoms with van der Waals surface area (Å²) in [5.74, 6) is 1.26. The Kier molecular flexibility index (Phi) is 3.84. The lowest BCUT2D eigenvalue weighted by atomic mass is 9.89. The van der Waals surface area contributed by atoms with Gasteiger partial charge in [-0.25, -0.2) is 0 Å². The largest absolute Gasteiger partial charge is 0.480 e. The zero-order valence-electron chi connectivity index (χ0n) is 9.12. The summed E-state index contributed by atoms with van der Waals surface area (Å²) in [5, 5.41) is 9.36. The molecule has 0 bridgehead atoms. The highest BCUT2D eigenvalue weighted by atomic mass is 32.2. The number of aliphatic carboxylic acids is 1. The number of carbonyl (C=O) groups is 1. The molecule has 1 rings (SSSR count). The standard InChI is InChI=1S/C10H19NO2S/c1-8(2)11(3)10(9(12)13)4-6-14-7-5-10/h8H,4-7H2,1-3H3,(H,12,13). The molecule has 0 saturated carbocycles. The number of carboxylic acids is 1. The number of carboxylic acid groups (broad SMARTS) is 1. The SMILES string of the molecule is CC(C)N(C)C1(C(=O)O)CCSCC1. The van der Waals surface area contributed by atoms with Gasteiger partial charge in [-0.1, -0.05) is 0 Å². The average Bonchev–Trinajstić information content (AvgIpc) is 2.17. The second-order valence-corrected chi connectivity index (χ2v) is 5.38. The number of thioether (sulfide) groups is 1. The zero-order valence-corrected chi connectivity index (χ0v) is 9.93. The summed E-state index contributed by atoms with van der Waals surface area (Å²) in [6.07, 6.45) is 1.53. The Morgan fingerprint density at radius 1 is 1.43 bits per heavy atom. The van der Waals surface area contributed by atoms with Gasteiger partial charge in [-0.05, 0) is 45.2 Å². The minimum absolute atomic E-state index is 0.286. The van der Waals surface area contributed by atoms with E-state index in [4.69, 9.17) is 0 Å². The molecule has 4 heteroatoms. The van der Waals surface area contributed by atoms with Crippen LogP contribution in [-0.2, 0) is 4.79 Å². The van der Waals surface area contributed by atoms with Crippen molar-refractivity contribution >= 4 is 17.7 Å². The summed E-state index contributed by atoms with van der Waals surface area (Å²) in [4.78, 5) is 13.4. The Balaban J connectivity index is 2.85. The lowest BCUT2D eigenvalue weighted by Gasteiger charge is -2.42. The number of likely N-dealkylation sites (N-methyl/N-ethyl adjacent to an activating group) is 1. The van der Waals surface area contributed by atoms with Gasteiger partial charge in [-0.15, -0.1) is 0 Å². The summed E-state index contributed by atoms with van der Waals surface area (Å²) >= 11 is 1.85. The Labute approximate surface area is 89.9 Å². The van der Waals surface area contributed by atoms with Crippen LogP contribution in [0.5, 0.6) is 0 Å². The molecule has 82 valence electrons. The number of nitrogens with zero attached hydrogens (tertiary/aromatic N) is 1. The minimum atomic E-state index is -0.658. The van der Waals surface area contributed by atoms with Crippen LogP contribution in [0.4, 0.5) is 0 Å². The van der Waals surface area contributed by atoms with Crippen molar-refractivity contribution in [2.24, 2.45) is 0 Å². The van der Waals surface area contributed by atoms with Gasteiger partial charge in [0.2, 0.25) is 0 Å². The molecule has 0 aromatic rings. The molecule has 1 N–H and O–H groups in total. The van der Waals surface area contributed by atoms with Crippen LogP contribution in [0.1, 0.15) is 26.7 Å². The highest BCUT2D eigenvalue weighted by Crippen LogP contribution is 2.33. The lowest BCUT2D eigenvalue weighted by molar-refractivity contribution is -0.152. The van der Waals surface area contributed by atoms with Crippen molar-refractivity contribution in [1.82, 2.24) is 4.90 Å². The van der Waals surface area contributed by atoms with E-state index in [1.165, 1.54) is 0 Å². The van der Waals surface area contributed by atoms with Gasteiger partial charge in [0.15, 0.2) is 0 Å². The first kappa shape index (κ1) is 11.9. The fourth-order valence-electron chi connectivity index (χ4n) is 1.92. The van der Waals surface area contributed by atoms with Crippen LogP contribution in [0.15, 0.2) is 0 Å². The van der Waals surface area contributed by atoms with E-state index in [2.05, 4.69) is 0 Å². The molecule has 1 heterocycles. The van der Waals surface area contributed by atoms with Crippen molar-refractivity contribution in [3.8, 4) is 0 Å². The lowest BCUT2D eigenvalue weighted by Crippen LogP contribution is -2.57. The summed E-state index contributed by atoms with van der Waals surface area (Å²) < 4.78 is 0. The highest BCUT2D eigenvalue weighted by Gasteiger charge is 2.44. The summed E-state index contributed by atoms with van der Waals surface area (Å²) in [6, 6.07) is 0.286. The van der Waals surface area contributed by atoms with Crippen molar-refractivity contribution in [3.63, 3.8) is 0 Å². The Hall–Kier alpha value is -0.220. The average molecular weight is 217 g/mol. The maximum absolute atomic E-state index is 11.4. The van der Waals surface area contributed by atoms with Crippen LogP contribution in [-0.4, -0.2) is 46.1 Å². The van der Waals surface area contributed by atoms with Gasteiger partial charge in [0, 0.05) is 6.04 Å². The molecule has 0 unspecified atom stereocenters. The van der Waals surface area contributed by atoms with Crippen molar-refractivity contribution in [1.29, 1.82) is 0 Å². The van der Waals surface area contributed by atoms with E-state index in [0.29, 0.717) is 0 Å². The molecule has 1 aliphatic rings. The van der Waals surface area contributed by atoms with Crippen molar-refractivity contribution < 1.29 is 9.90 Å².